The number of aromatic nitrogens is 1. The number of carbonyl (C=O) groups is 1. The van der Waals surface area contributed by atoms with Crippen molar-refractivity contribution in [2.24, 2.45) is 0 Å². The van der Waals surface area contributed by atoms with Gasteiger partial charge in [0.05, 0.1) is 17.0 Å². The third kappa shape index (κ3) is 3.43. The average Bonchev–Trinajstić information content (AvgIpc) is 2.70. The maximum atomic E-state index is 12.0. The van der Waals surface area contributed by atoms with E-state index in [4.69, 9.17) is 0 Å². The number of hydrogen-bond acceptors (Lipinski definition) is 5. The van der Waals surface area contributed by atoms with Gasteiger partial charge in [-0.25, -0.2) is 4.98 Å². The minimum absolute atomic E-state index is 0.0289. The van der Waals surface area contributed by atoms with Gasteiger partial charge in [-0.05, 0) is 26.3 Å². The van der Waals surface area contributed by atoms with Gasteiger partial charge in [-0.15, -0.1) is 11.3 Å². The zero-order valence-corrected chi connectivity index (χ0v) is 12.8. The maximum absolute atomic E-state index is 12.0. The number of anilines is 1. The fraction of sp³-hybridized carbons (Fsp3) is 0.286. The van der Waals surface area contributed by atoms with Crippen LogP contribution in [0.3, 0.4) is 0 Å². The summed E-state index contributed by atoms with van der Waals surface area (Å²) in [5.74, 6) is -0.229. The van der Waals surface area contributed by atoms with Gasteiger partial charge in [0.25, 0.3) is 5.69 Å². The molecule has 0 radical (unpaired) electrons. The Hall–Kier alpha value is -2.28. The molecule has 1 N–H and O–H groups in total. The van der Waals surface area contributed by atoms with Gasteiger partial charge in [0.2, 0.25) is 5.91 Å². The van der Waals surface area contributed by atoms with Crippen LogP contribution in [0.2, 0.25) is 0 Å². The van der Waals surface area contributed by atoms with Crippen LogP contribution >= 0.6 is 11.3 Å². The van der Waals surface area contributed by atoms with E-state index in [1.807, 2.05) is 13.8 Å². The highest BCUT2D eigenvalue weighted by molar-refractivity contribution is 7.15. The SMILES string of the molecule is Cc1nc(NC(=O)Cc2cccc([N+](=O)[O-])c2C)sc1C. The van der Waals surface area contributed by atoms with E-state index in [1.165, 1.54) is 17.4 Å². The van der Waals surface area contributed by atoms with Gasteiger partial charge in [-0.2, -0.15) is 0 Å². The molecule has 7 heteroatoms. The number of nitrogens with zero attached hydrogens (tertiary/aromatic N) is 2. The van der Waals surface area contributed by atoms with Gasteiger partial charge in [0.1, 0.15) is 0 Å². The molecular formula is C14H15N3O3S. The van der Waals surface area contributed by atoms with Crippen LogP contribution < -0.4 is 5.32 Å². The van der Waals surface area contributed by atoms with Crippen molar-refractivity contribution in [3.05, 3.63) is 50.0 Å². The van der Waals surface area contributed by atoms with Crippen LogP contribution in [0.25, 0.3) is 0 Å². The van der Waals surface area contributed by atoms with Gasteiger partial charge in [0, 0.05) is 16.5 Å². The first-order valence-corrected chi connectivity index (χ1v) is 7.17. The predicted molar refractivity (Wildman–Crippen MR) is 81.8 cm³/mol. The number of nitro groups is 1. The largest absolute Gasteiger partial charge is 0.302 e. The number of aryl methyl sites for hydroxylation is 2. The van der Waals surface area contributed by atoms with Crippen LogP contribution in [0.15, 0.2) is 18.2 Å². The van der Waals surface area contributed by atoms with Crippen molar-refractivity contribution >= 4 is 28.1 Å². The second-order valence-corrected chi connectivity index (χ2v) is 5.91. The van der Waals surface area contributed by atoms with Crippen molar-refractivity contribution in [2.45, 2.75) is 27.2 Å². The third-order valence-corrected chi connectivity index (χ3v) is 4.23. The van der Waals surface area contributed by atoms with Crippen LogP contribution in [0, 0.1) is 30.9 Å². The average molecular weight is 305 g/mol. The van der Waals surface area contributed by atoms with Crippen molar-refractivity contribution in [1.29, 1.82) is 0 Å². The Balaban J connectivity index is 2.13. The van der Waals surface area contributed by atoms with E-state index in [1.54, 1.807) is 19.1 Å². The summed E-state index contributed by atoms with van der Waals surface area (Å²) >= 11 is 1.41. The normalized spacial score (nSPS) is 10.4. The molecule has 1 amide bonds. The first-order chi connectivity index (χ1) is 9.88. The monoisotopic (exact) mass is 305 g/mol. The maximum Gasteiger partial charge on any atom is 0.272 e. The predicted octanol–water partition coefficient (Wildman–Crippen LogP) is 3.16. The summed E-state index contributed by atoms with van der Waals surface area (Å²) in [6, 6.07) is 4.75. The number of nitrogens with one attached hydrogen (secondary N) is 1. The van der Waals surface area contributed by atoms with E-state index < -0.39 is 4.92 Å². The summed E-state index contributed by atoms with van der Waals surface area (Å²) in [4.78, 5) is 27.8. The summed E-state index contributed by atoms with van der Waals surface area (Å²) in [5.41, 5.74) is 2.08. The summed E-state index contributed by atoms with van der Waals surface area (Å²) < 4.78 is 0. The standard InChI is InChI=1S/C14H15N3O3S/c1-8-11(5-4-6-12(8)17(19)20)7-13(18)16-14-15-9(2)10(3)21-14/h4-6H,7H2,1-3H3,(H,15,16,18). The molecule has 2 rings (SSSR count). The minimum Gasteiger partial charge on any atom is -0.302 e. The summed E-state index contributed by atoms with van der Waals surface area (Å²) in [6.45, 7) is 5.47. The first-order valence-electron chi connectivity index (χ1n) is 6.35. The zero-order chi connectivity index (χ0) is 15.6. The molecule has 1 aromatic carbocycles. The highest BCUT2D eigenvalue weighted by Gasteiger charge is 2.16. The summed E-state index contributed by atoms with van der Waals surface area (Å²) in [6.07, 6.45) is 0.0885. The highest BCUT2D eigenvalue weighted by atomic mass is 32.1. The van der Waals surface area contributed by atoms with Crippen molar-refractivity contribution < 1.29 is 9.72 Å². The Morgan fingerprint density at radius 3 is 2.67 bits per heavy atom. The molecule has 0 fully saturated rings. The number of nitro benzene ring substituents is 1. The van der Waals surface area contributed by atoms with Crippen molar-refractivity contribution in [3.8, 4) is 0 Å². The molecule has 1 aromatic heterocycles. The Bertz CT molecular complexity index is 690. The highest BCUT2D eigenvalue weighted by Crippen LogP contribution is 2.23. The molecule has 0 spiro atoms. The van der Waals surface area contributed by atoms with Crippen molar-refractivity contribution in [3.63, 3.8) is 0 Å². The molecule has 0 unspecified atom stereocenters. The molecule has 110 valence electrons. The van der Waals surface area contributed by atoms with Gasteiger partial charge in [0.15, 0.2) is 5.13 Å². The van der Waals surface area contributed by atoms with Crippen LogP contribution in [-0.2, 0) is 11.2 Å². The Kier molecular flexibility index (Phi) is 4.32. The topological polar surface area (TPSA) is 85.1 Å². The molecule has 21 heavy (non-hydrogen) atoms. The van der Waals surface area contributed by atoms with E-state index in [0.717, 1.165) is 10.6 Å². The Morgan fingerprint density at radius 2 is 2.10 bits per heavy atom. The van der Waals surface area contributed by atoms with E-state index >= 15 is 0 Å². The number of thiazole rings is 1. The molecule has 0 aliphatic rings. The van der Waals surface area contributed by atoms with Crippen LogP contribution in [0.5, 0.6) is 0 Å². The van der Waals surface area contributed by atoms with Crippen LogP contribution in [0.1, 0.15) is 21.7 Å². The van der Waals surface area contributed by atoms with Crippen molar-refractivity contribution in [1.82, 2.24) is 4.98 Å². The van der Waals surface area contributed by atoms with E-state index in [-0.39, 0.29) is 18.0 Å². The molecular weight excluding hydrogens is 290 g/mol. The fourth-order valence-corrected chi connectivity index (χ4v) is 2.75. The lowest BCUT2D eigenvalue weighted by atomic mass is 10.0. The molecule has 1 heterocycles. The number of rotatable bonds is 4. The van der Waals surface area contributed by atoms with Crippen LogP contribution in [0.4, 0.5) is 10.8 Å². The quantitative estimate of drug-likeness (QED) is 0.694. The number of hydrogen-bond donors (Lipinski definition) is 1. The lowest BCUT2D eigenvalue weighted by Gasteiger charge is -2.06. The Morgan fingerprint density at radius 1 is 1.38 bits per heavy atom. The second kappa shape index (κ2) is 6.01. The molecule has 0 aliphatic carbocycles. The molecule has 0 atom stereocenters. The van der Waals surface area contributed by atoms with Gasteiger partial charge in [-0.3, -0.25) is 14.9 Å². The van der Waals surface area contributed by atoms with Gasteiger partial charge >= 0.3 is 0 Å². The first kappa shape index (κ1) is 15.1. The zero-order valence-electron chi connectivity index (χ0n) is 12.0. The number of benzene rings is 1. The summed E-state index contributed by atoms with van der Waals surface area (Å²) in [5, 5.41) is 14.2. The molecule has 2 aromatic rings. The lowest BCUT2D eigenvalue weighted by Crippen LogP contribution is -2.15. The van der Waals surface area contributed by atoms with Crippen molar-refractivity contribution in [2.75, 3.05) is 5.32 Å². The van der Waals surface area contributed by atoms with E-state index in [0.29, 0.717) is 16.3 Å². The molecule has 0 saturated heterocycles. The van der Waals surface area contributed by atoms with Crippen LogP contribution in [-0.4, -0.2) is 15.8 Å². The molecule has 0 aliphatic heterocycles. The molecule has 0 saturated carbocycles. The second-order valence-electron chi connectivity index (χ2n) is 4.70. The smallest absolute Gasteiger partial charge is 0.272 e. The number of carbonyl (C=O) groups excluding carboxylic acids is 1. The Labute approximate surface area is 126 Å². The molecule has 0 bridgehead atoms. The third-order valence-electron chi connectivity index (χ3n) is 3.24. The van der Waals surface area contributed by atoms with Gasteiger partial charge < -0.3 is 5.32 Å². The lowest BCUT2D eigenvalue weighted by molar-refractivity contribution is -0.385. The summed E-state index contributed by atoms with van der Waals surface area (Å²) in [7, 11) is 0. The van der Waals surface area contributed by atoms with E-state index in [2.05, 4.69) is 10.3 Å². The minimum atomic E-state index is -0.440. The van der Waals surface area contributed by atoms with Gasteiger partial charge in [-0.1, -0.05) is 12.1 Å². The molecule has 6 nitrogen and oxygen atoms in total. The van der Waals surface area contributed by atoms with E-state index in [9.17, 15) is 14.9 Å². The number of amides is 1. The fourth-order valence-electron chi connectivity index (χ4n) is 1.92.